The van der Waals surface area contributed by atoms with Gasteiger partial charge in [0.2, 0.25) is 11.1 Å². The second-order valence-electron chi connectivity index (χ2n) is 6.62. The van der Waals surface area contributed by atoms with Crippen molar-refractivity contribution in [2.24, 2.45) is 0 Å². The van der Waals surface area contributed by atoms with Gasteiger partial charge in [0.05, 0.1) is 5.25 Å². The first-order chi connectivity index (χ1) is 13.0. The van der Waals surface area contributed by atoms with Crippen LogP contribution in [-0.2, 0) is 11.4 Å². The molecule has 146 valence electrons. The Hall–Kier alpha value is -1.74. The molecule has 1 aromatic heterocycles. The molecule has 1 saturated carbocycles. The Morgan fingerprint density at radius 2 is 2.19 bits per heavy atom. The quantitative estimate of drug-likeness (QED) is 0.493. The summed E-state index contributed by atoms with van der Waals surface area (Å²) in [6.07, 6.45) is 5.76. The summed E-state index contributed by atoms with van der Waals surface area (Å²) in [5, 5.41) is 11.5. The smallest absolute Gasteiger partial charge is 0.233 e. The van der Waals surface area contributed by atoms with E-state index in [1.165, 1.54) is 35.7 Å². The van der Waals surface area contributed by atoms with Crippen LogP contribution >= 0.6 is 27.7 Å². The van der Waals surface area contributed by atoms with E-state index in [0.29, 0.717) is 22.8 Å². The Balaban J connectivity index is 1.53. The van der Waals surface area contributed by atoms with Crippen molar-refractivity contribution in [1.29, 1.82) is 0 Å². The van der Waals surface area contributed by atoms with Gasteiger partial charge in [0.25, 0.3) is 0 Å². The van der Waals surface area contributed by atoms with Gasteiger partial charge in [-0.2, -0.15) is 0 Å². The lowest BCUT2D eigenvalue weighted by molar-refractivity contribution is -0.121. The zero-order valence-electron chi connectivity index (χ0n) is 15.2. The standard InChI is InChI=1S/C18H24BrN5O2S/c1-12(17(25)21-14-7-3-2-4-8-14)27-18-23-22-16(24(18)20)11-26-15-9-5-6-13(19)10-15/h5-6,9-10,12,14H,2-4,7-8,11,20H2,1H3,(H,21,25). The summed E-state index contributed by atoms with van der Waals surface area (Å²) >= 11 is 4.71. The molecule has 2 aromatic rings. The molecule has 0 saturated heterocycles. The van der Waals surface area contributed by atoms with Gasteiger partial charge in [-0.3, -0.25) is 4.79 Å². The summed E-state index contributed by atoms with van der Waals surface area (Å²) in [4.78, 5) is 12.4. The number of carbonyl (C=O) groups excluding carboxylic acids is 1. The molecule has 1 atom stereocenters. The fraction of sp³-hybridized carbons (Fsp3) is 0.500. The molecule has 0 radical (unpaired) electrons. The molecule has 3 rings (SSSR count). The van der Waals surface area contributed by atoms with Crippen LogP contribution in [0.25, 0.3) is 0 Å². The highest BCUT2D eigenvalue weighted by Crippen LogP contribution is 2.23. The molecule has 9 heteroatoms. The van der Waals surface area contributed by atoms with E-state index in [0.717, 1.165) is 17.3 Å². The van der Waals surface area contributed by atoms with E-state index in [1.54, 1.807) is 0 Å². The van der Waals surface area contributed by atoms with Gasteiger partial charge in [0.15, 0.2) is 5.82 Å². The maximum absolute atomic E-state index is 12.4. The van der Waals surface area contributed by atoms with Crippen LogP contribution in [0.3, 0.4) is 0 Å². The van der Waals surface area contributed by atoms with Crippen LogP contribution in [0.5, 0.6) is 5.75 Å². The topological polar surface area (TPSA) is 95.1 Å². The first-order valence-corrected chi connectivity index (χ1v) is 10.7. The van der Waals surface area contributed by atoms with E-state index in [4.69, 9.17) is 10.6 Å². The molecule has 3 N–H and O–H groups in total. The molecule has 0 aliphatic heterocycles. The van der Waals surface area contributed by atoms with Gasteiger partial charge in [-0.15, -0.1) is 10.2 Å². The van der Waals surface area contributed by atoms with Gasteiger partial charge in [-0.1, -0.05) is 53.0 Å². The van der Waals surface area contributed by atoms with E-state index in [1.807, 2.05) is 31.2 Å². The van der Waals surface area contributed by atoms with E-state index >= 15 is 0 Å². The highest BCUT2D eigenvalue weighted by atomic mass is 79.9. The zero-order valence-corrected chi connectivity index (χ0v) is 17.6. The Labute approximate surface area is 171 Å². The summed E-state index contributed by atoms with van der Waals surface area (Å²) < 4.78 is 8.01. The van der Waals surface area contributed by atoms with Crippen LogP contribution in [0.1, 0.15) is 44.9 Å². The molecule has 1 amide bonds. The largest absolute Gasteiger partial charge is 0.485 e. The van der Waals surface area contributed by atoms with Gasteiger partial charge in [0, 0.05) is 10.5 Å². The minimum absolute atomic E-state index is 0.0156. The minimum Gasteiger partial charge on any atom is -0.485 e. The SMILES string of the molecule is CC(Sc1nnc(COc2cccc(Br)c2)n1N)C(=O)NC1CCCCC1. The molecule has 1 heterocycles. The van der Waals surface area contributed by atoms with E-state index in [-0.39, 0.29) is 17.8 Å². The second-order valence-corrected chi connectivity index (χ2v) is 8.84. The number of nitrogens with one attached hydrogen (secondary N) is 1. The zero-order chi connectivity index (χ0) is 19.2. The number of benzene rings is 1. The molecule has 1 unspecified atom stereocenters. The number of hydrogen-bond donors (Lipinski definition) is 2. The van der Waals surface area contributed by atoms with Gasteiger partial charge in [-0.05, 0) is 38.0 Å². The van der Waals surface area contributed by atoms with Crippen molar-refractivity contribution in [1.82, 2.24) is 20.2 Å². The fourth-order valence-electron chi connectivity index (χ4n) is 2.97. The predicted octanol–water partition coefficient (Wildman–Crippen LogP) is 3.26. The van der Waals surface area contributed by atoms with Gasteiger partial charge in [-0.25, -0.2) is 4.68 Å². The van der Waals surface area contributed by atoms with Crippen molar-refractivity contribution in [3.8, 4) is 5.75 Å². The summed E-state index contributed by atoms with van der Waals surface area (Å²) in [6, 6.07) is 7.83. The lowest BCUT2D eigenvalue weighted by Crippen LogP contribution is -2.40. The predicted molar refractivity (Wildman–Crippen MR) is 109 cm³/mol. The van der Waals surface area contributed by atoms with E-state index in [9.17, 15) is 4.79 Å². The summed E-state index contributed by atoms with van der Waals surface area (Å²) in [5.74, 6) is 7.30. The van der Waals surface area contributed by atoms with Crippen LogP contribution in [0, 0.1) is 0 Å². The van der Waals surface area contributed by atoms with E-state index < -0.39 is 0 Å². The van der Waals surface area contributed by atoms with Gasteiger partial charge >= 0.3 is 0 Å². The van der Waals surface area contributed by atoms with Crippen LogP contribution in [0.15, 0.2) is 33.9 Å². The van der Waals surface area contributed by atoms with Crippen molar-refractivity contribution in [2.75, 3.05) is 5.84 Å². The molecule has 27 heavy (non-hydrogen) atoms. The molecule has 1 aliphatic carbocycles. The Kier molecular flexibility index (Phi) is 7.01. The maximum Gasteiger partial charge on any atom is 0.233 e. The van der Waals surface area contributed by atoms with Crippen molar-refractivity contribution in [3.63, 3.8) is 0 Å². The normalized spacial score (nSPS) is 16.1. The van der Waals surface area contributed by atoms with Crippen LogP contribution < -0.4 is 15.9 Å². The summed E-state index contributed by atoms with van der Waals surface area (Å²) in [5.41, 5.74) is 0. The number of halogens is 1. The number of nitrogen functional groups attached to an aromatic ring is 1. The van der Waals surface area contributed by atoms with Crippen molar-refractivity contribution >= 4 is 33.6 Å². The monoisotopic (exact) mass is 453 g/mol. The van der Waals surface area contributed by atoms with Gasteiger partial charge in [0.1, 0.15) is 12.4 Å². The van der Waals surface area contributed by atoms with Crippen LogP contribution in [0.4, 0.5) is 0 Å². The lowest BCUT2D eigenvalue weighted by Gasteiger charge is -2.24. The van der Waals surface area contributed by atoms with Crippen LogP contribution in [-0.4, -0.2) is 32.1 Å². The number of hydrogen-bond acceptors (Lipinski definition) is 6. The molecule has 1 aliphatic rings. The number of ether oxygens (including phenoxy) is 1. The molecule has 7 nitrogen and oxygen atoms in total. The van der Waals surface area contributed by atoms with Crippen molar-refractivity contribution in [2.45, 2.75) is 62.1 Å². The number of nitrogens with zero attached hydrogens (tertiary/aromatic N) is 3. The Bertz CT molecular complexity index is 779. The highest BCUT2D eigenvalue weighted by molar-refractivity contribution is 9.10. The molecule has 0 bridgehead atoms. The Morgan fingerprint density at radius 3 is 2.93 bits per heavy atom. The van der Waals surface area contributed by atoms with Crippen LogP contribution in [0.2, 0.25) is 0 Å². The first-order valence-electron chi connectivity index (χ1n) is 9.07. The highest BCUT2D eigenvalue weighted by Gasteiger charge is 2.22. The minimum atomic E-state index is -0.294. The third kappa shape index (κ3) is 5.62. The average molecular weight is 454 g/mol. The number of nitrogens with two attached hydrogens (primary N) is 1. The maximum atomic E-state index is 12.4. The number of rotatable bonds is 7. The number of thioether (sulfide) groups is 1. The molecule has 0 spiro atoms. The van der Waals surface area contributed by atoms with Gasteiger partial charge < -0.3 is 15.9 Å². The van der Waals surface area contributed by atoms with Crippen molar-refractivity contribution < 1.29 is 9.53 Å². The molecular formula is C18H24BrN5O2S. The fourth-order valence-corrected chi connectivity index (χ4v) is 4.14. The van der Waals surface area contributed by atoms with E-state index in [2.05, 4.69) is 31.4 Å². The molecule has 1 aromatic carbocycles. The number of amides is 1. The average Bonchev–Trinajstić information content (AvgIpc) is 3.00. The molecule has 1 fully saturated rings. The third-order valence-electron chi connectivity index (χ3n) is 4.50. The summed E-state index contributed by atoms with van der Waals surface area (Å²) in [6.45, 7) is 2.05. The number of carbonyl (C=O) groups is 1. The third-order valence-corrected chi connectivity index (χ3v) is 6.05. The van der Waals surface area contributed by atoms with Crippen molar-refractivity contribution in [3.05, 3.63) is 34.6 Å². The Morgan fingerprint density at radius 1 is 1.41 bits per heavy atom. The molecular weight excluding hydrogens is 430 g/mol. The summed E-state index contributed by atoms with van der Waals surface area (Å²) in [7, 11) is 0. The second kappa shape index (κ2) is 9.45. The first kappa shape index (κ1) is 20.0. The lowest BCUT2D eigenvalue weighted by atomic mass is 9.95. The number of aromatic nitrogens is 3.